The van der Waals surface area contributed by atoms with Crippen LogP contribution in [0.25, 0.3) is 34.9 Å². The van der Waals surface area contributed by atoms with E-state index < -0.39 is 0 Å². The second-order valence-electron chi connectivity index (χ2n) is 6.71. The van der Waals surface area contributed by atoms with Gasteiger partial charge in [0.25, 0.3) is 0 Å². The molecule has 0 radical (unpaired) electrons. The Bertz CT molecular complexity index is 985. The Morgan fingerprint density at radius 2 is 2.16 bits per heavy atom. The van der Waals surface area contributed by atoms with Crippen LogP contribution in [-0.2, 0) is 0 Å². The topological polar surface area (TPSA) is 69.4 Å². The molecule has 4 rings (SSSR count). The summed E-state index contributed by atoms with van der Waals surface area (Å²) in [7, 11) is 0. The number of pyridine rings is 1. The highest BCUT2D eigenvalue weighted by molar-refractivity contribution is 5.84. The third-order valence-electron chi connectivity index (χ3n) is 5.07. The first-order chi connectivity index (χ1) is 12.2. The Morgan fingerprint density at radius 3 is 2.96 bits per heavy atom. The van der Waals surface area contributed by atoms with Crippen LogP contribution in [0, 0.1) is 5.92 Å². The van der Waals surface area contributed by atoms with E-state index in [1.165, 1.54) is 18.4 Å². The van der Waals surface area contributed by atoms with E-state index in [1.807, 2.05) is 12.3 Å². The van der Waals surface area contributed by atoms with Crippen LogP contribution in [0.4, 0.5) is 0 Å². The number of aromatic nitrogens is 4. The zero-order valence-electron chi connectivity index (χ0n) is 14.5. The Kier molecular flexibility index (Phi) is 4.24. The van der Waals surface area contributed by atoms with Crippen LogP contribution < -0.4 is 15.9 Å². The number of hydrogen-bond donors (Lipinski definition) is 3. The molecule has 3 N–H and O–H groups in total. The normalized spacial score (nSPS) is 17.5. The Balaban J connectivity index is 1.65. The van der Waals surface area contributed by atoms with Crippen molar-refractivity contribution in [3.8, 4) is 11.4 Å². The molecule has 0 aliphatic carbocycles. The molecule has 5 heteroatoms. The summed E-state index contributed by atoms with van der Waals surface area (Å²) in [5.74, 6) is 0.675. The van der Waals surface area contributed by atoms with Crippen LogP contribution in [0.2, 0.25) is 0 Å². The molecule has 0 spiro atoms. The first-order valence-electron chi connectivity index (χ1n) is 8.78. The fraction of sp³-hybridized carbons (Fsp3) is 0.300. The van der Waals surface area contributed by atoms with Crippen molar-refractivity contribution in [3.05, 3.63) is 46.7 Å². The SMILES string of the molecule is C=c1c(-c2cc3ccncc3[nH]2)n[nH]/c1=C/C=C(\C)C1CCNCC1. The van der Waals surface area contributed by atoms with E-state index in [0.29, 0.717) is 5.92 Å². The molecule has 0 saturated carbocycles. The number of nitrogens with zero attached hydrogens (tertiary/aromatic N) is 2. The molecule has 1 fully saturated rings. The summed E-state index contributed by atoms with van der Waals surface area (Å²) >= 11 is 0. The highest BCUT2D eigenvalue weighted by Crippen LogP contribution is 2.21. The lowest BCUT2D eigenvalue weighted by molar-refractivity contribution is 0.420. The van der Waals surface area contributed by atoms with Gasteiger partial charge < -0.3 is 10.3 Å². The van der Waals surface area contributed by atoms with Crippen molar-refractivity contribution in [1.82, 2.24) is 25.5 Å². The molecule has 128 valence electrons. The number of piperidine rings is 1. The van der Waals surface area contributed by atoms with E-state index in [2.05, 4.69) is 57.2 Å². The molecule has 0 atom stereocenters. The first kappa shape index (κ1) is 15.8. The van der Waals surface area contributed by atoms with Crippen LogP contribution >= 0.6 is 0 Å². The zero-order valence-corrected chi connectivity index (χ0v) is 14.5. The van der Waals surface area contributed by atoms with E-state index in [0.717, 1.165) is 45.9 Å². The predicted octanol–water partition coefficient (Wildman–Crippen LogP) is 2.09. The van der Waals surface area contributed by atoms with E-state index in [-0.39, 0.29) is 0 Å². The van der Waals surface area contributed by atoms with Gasteiger partial charge in [-0.05, 0) is 57.0 Å². The number of allylic oxidation sites excluding steroid dienone is 2. The molecule has 1 aliphatic rings. The maximum absolute atomic E-state index is 4.46. The van der Waals surface area contributed by atoms with Gasteiger partial charge in [-0.25, -0.2) is 0 Å². The second-order valence-corrected chi connectivity index (χ2v) is 6.71. The summed E-state index contributed by atoms with van der Waals surface area (Å²) in [5, 5.41) is 14.0. The highest BCUT2D eigenvalue weighted by Gasteiger charge is 2.13. The standard InChI is InChI=1S/C20H23N5/c1-13(15-5-8-21-9-6-15)3-4-17-14(2)20(25-24-17)18-11-16-7-10-22-12-19(16)23-18/h3-4,7,10-12,15,21,23-24H,2,5-6,8-9H2,1H3/b13-3+,17-4+. The monoisotopic (exact) mass is 333 g/mol. The minimum atomic E-state index is 0.675. The van der Waals surface area contributed by atoms with Gasteiger partial charge in [0.05, 0.1) is 22.8 Å². The lowest BCUT2D eigenvalue weighted by Gasteiger charge is -2.23. The summed E-state index contributed by atoms with van der Waals surface area (Å²) in [6.07, 6.45) is 10.3. The van der Waals surface area contributed by atoms with Gasteiger partial charge in [-0.3, -0.25) is 10.1 Å². The zero-order chi connectivity index (χ0) is 17.2. The van der Waals surface area contributed by atoms with Crippen molar-refractivity contribution in [3.63, 3.8) is 0 Å². The van der Waals surface area contributed by atoms with E-state index in [4.69, 9.17) is 0 Å². The van der Waals surface area contributed by atoms with Crippen LogP contribution in [0.1, 0.15) is 19.8 Å². The number of hydrogen-bond acceptors (Lipinski definition) is 3. The first-order valence-corrected chi connectivity index (χ1v) is 8.78. The number of rotatable bonds is 3. The summed E-state index contributed by atoms with van der Waals surface area (Å²) in [4.78, 5) is 7.51. The molecule has 0 bridgehead atoms. The molecule has 4 heterocycles. The van der Waals surface area contributed by atoms with Crippen molar-refractivity contribution in [2.75, 3.05) is 13.1 Å². The Hall–Kier alpha value is -2.66. The molecular formula is C20H23N5. The summed E-state index contributed by atoms with van der Waals surface area (Å²) < 4.78 is 0. The van der Waals surface area contributed by atoms with Gasteiger partial charge in [-0.2, -0.15) is 5.10 Å². The fourth-order valence-corrected chi connectivity index (χ4v) is 3.47. The van der Waals surface area contributed by atoms with E-state index in [1.54, 1.807) is 6.20 Å². The average Bonchev–Trinajstić information content (AvgIpc) is 3.23. The minimum absolute atomic E-state index is 0.675. The van der Waals surface area contributed by atoms with Crippen LogP contribution in [0.3, 0.4) is 0 Å². The van der Waals surface area contributed by atoms with Crippen molar-refractivity contribution in [2.45, 2.75) is 19.8 Å². The van der Waals surface area contributed by atoms with E-state index >= 15 is 0 Å². The van der Waals surface area contributed by atoms with Crippen molar-refractivity contribution in [1.29, 1.82) is 0 Å². The molecule has 0 aromatic carbocycles. The summed E-state index contributed by atoms with van der Waals surface area (Å²) in [6.45, 7) is 8.66. The number of nitrogens with one attached hydrogen (secondary N) is 3. The van der Waals surface area contributed by atoms with Gasteiger partial charge in [0, 0.05) is 16.8 Å². The van der Waals surface area contributed by atoms with E-state index in [9.17, 15) is 0 Å². The van der Waals surface area contributed by atoms with Crippen LogP contribution in [-0.4, -0.2) is 33.3 Å². The molecule has 3 aromatic rings. The average molecular weight is 333 g/mol. The van der Waals surface area contributed by atoms with Gasteiger partial charge in [0.15, 0.2) is 0 Å². The summed E-state index contributed by atoms with van der Waals surface area (Å²) in [5.41, 5.74) is 4.25. The maximum atomic E-state index is 4.46. The number of fused-ring (bicyclic) bond motifs is 1. The number of H-pyrrole nitrogens is 2. The molecule has 3 aromatic heterocycles. The molecule has 0 amide bonds. The lowest BCUT2D eigenvalue weighted by atomic mass is 9.91. The minimum Gasteiger partial charge on any atom is -0.352 e. The third kappa shape index (κ3) is 3.15. The second kappa shape index (κ2) is 6.69. The van der Waals surface area contributed by atoms with Crippen LogP contribution in [0.15, 0.2) is 36.2 Å². The Morgan fingerprint density at radius 1 is 1.32 bits per heavy atom. The predicted molar refractivity (Wildman–Crippen MR) is 102 cm³/mol. The largest absolute Gasteiger partial charge is 0.352 e. The van der Waals surface area contributed by atoms with Gasteiger partial charge in [0.1, 0.15) is 5.69 Å². The maximum Gasteiger partial charge on any atom is 0.116 e. The van der Waals surface area contributed by atoms with Crippen molar-refractivity contribution < 1.29 is 0 Å². The molecule has 1 aliphatic heterocycles. The molecule has 5 nitrogen and oxygen atoms in total. The molecule has 0 unspecified atom stereocenters. The van der Waals surface area contributed by atoms with Gasteiger partial charge in [0.2, 0.25) is 0 Å². The quantitative estimate of drug-likeness (QED) is 0.687. The third-order valence-corrected chi connectivity index (χ3v) is 5.07. The van der Waals surface area contributed by atoms with Crippen molar-refractivity contribution in [2.24, 2.45) is 5.92 Å². The number of aromatic amines is 2. The van der Waals surface area contributed by atoms with Gasteiger partial charge in [-0.15, -0.1) is 0 Å². The molecular weight excluding hydrogens is 310 g/mol. The summed E-state index contributed by atoms with van der Waals surface area (Å²) in [6, 6.07) is 4.07. The van der Waals surface area contributed by atoms with Crippen LogP contribution in [0.5, 0.6) is 0 Å². The smallest absolute Gasteiger partial charge is 0.116 e. The Labute approximate surface area is 146 Å². The fourth-order valence-electron chi connectivity index (χ4n) is 3.47. The molecule has 1 saturated heterocycles. The van der Waals surface area contributed by atoms with Gasteiger partial charge >= 0.3 is 0 Å². The highest BCUT2D eigenvalue weighted by atomic mass is 15.1. The molecule has 25 heavy (non-hydrogen) atoms. The van der Waals surface area contributed by atoms with Crippen molar-refractivity contribution >= 4 is 23.6 Å². The van der Waals surface area contributed by atoms with Gasteiger partial charge in [-0.1, -0.05) is 18.2 Å². The lowest BCUT2D eigenvalue weighted by Crippen LogP contribution is -2.28.